The zero-order chi connectivity index (χ0) is 13.6. The van der Waals surface area contributed by atoms with Crippen LogP contribution in [0.25, 0.3) is 0 Å². The van der Waals surface area contributed by atoms with Crippen LogP contribution in [-0.4, -0.2) is 31.6 Å². The molecule has 0 atom stereocenters. The van der Waals surface area contributed by atoms with Gasteiger partial charge in [0.1, 0.15) is 0 Å². The molecule has 0 saturated carbocycles. The van der Waals surface area contributed by atoms with Gasteiger partial charge in [-0.25, -0.2) is 0 Å². The molecule has 104 valence electrons. The number of rotatable bonds is 8. The van der Waals surface area contributed by atoms with E-state index >= 15 is 0 Å². The van der Waals surface area contributed by atoms with Crippen LogP contribution in [0, 0.1) is 11.3 Å². The SMILES string of the molecule is CC(C)CNCC(C)(C)CN(C)Cc1cccs1. The van der Waals surface area contributed by atoms with Gasteiger partial charge in [-0.15, -0.1) is 11.3 Å². The van der Waals surface area contributed by atoms with Gasteiger partial charge in [0.15, 0.2) is 0 Å². The summed E-state index contributed by atoms with van der Waals surface area (Å²) in [7, 11) is 2.21. The average molecular weight is 268 g/mol. The Morgan fingerprint density at radius 2 is 2.11 bits per heavy atom. The van der Waals surface area contributed by atoms with Crippen molar-refractivity contribution in [3.63, 3.8) is 0 Å². The predicted molar refractivity (Wildman–Crippen MR) is 82.1 cm³/mol. The Kier molecular flexibility index (Phi) is 6.33. The highest BCUT2D eigenvalue weighted by Crippen LogP contribution is 2.18. The first kappa shape index (κ1) is 15.7. The molecule has 0 bridgehead atoms. The highest BCUT2D eigenvalue weighted by molar-refractivity contribution is 7.09. The molecule has 0 aliphatic heterocycles. The lowest BCUT2D eigenvalue weighted by Gasteiger charge is -2.30. The molecule has 18 heavy (non-hydrogen) atoms. The molecule has 0 aliphatic carbocycles. The second-order valence-electron chi connectivity index (χ2n) is 6.44. The van der Waals surface area contributed by atoms with E-state index in [0.717, 1.165) is 32.1 Å². The van der Waals surface area contributed by atoms with E-state index in [4.69, 9.17) is 0 Å². The largest absolute Gasteiger partial charge is 0.316 e. The van der Waals surface area contributed by atoms with Crippen LogP contribution in [0.1, 0.15) is 32.6 Å². The molecule has 1 heterocycles. The Hall–Kier alpha value is -0.380. The highest BCUT2D eigenvalue weighted by Gasteiger charge is 2.20. The lowest BCUT2D eigenvalue weighted by molar-refractivity contribution is 0.198. The van der Waals surface area contributed by atoms with Gasteiger partial charge in [0.05, 0.1) is 0 Å². The molecule has 0 saturated heterocycles. The van der Waals surface area contributed by atoms with Gasteiger partial charge in [-0.05, 0) is 36.4 Å². The third kappa shape index (κ3) is 6.53. The zero-order valence-corrected chi connectivity index (χ0v) is 13.3. The molecule has 2 nitrogen and oxygen atoms in total. The van der Waals surface area contributed by atoms with Crippen LogP contribution < -0.4 is 5.32 Å². The van der Waals surface area contributed by atoms with Crippen molar-refractivity contribution < 1.29 is 0 Å². The van der Waals surface area contributed by atoms with Crippen molar-refractivity contribution in [1.82, 2.24) is 10.2 Å². The lowest BCUT2D eigenvalue weighted by Crippen LogP contribution is -2.39. The third-order valence-corrected chi connectivity index (χ3v) is 3.72. The Labute approximate surface area is 116 Å². The summed E-state index contributed by atoms with van der Waals surface area (Å²) in [6.45, 7) is 13.6. The van der Waals surface area contributed by atoms with Gasteiger partial charge in [-0.3, -0.25) is 0 Å². The molecule has 0 spiro atoms. The number of hydrogen-bond donors (Lipinski definition) is 1. The smallest absolute Gasteiger partial charge is 0.0325 e. The Morgan fingerprint density at radius 1 is 1.39 bits per heavy atom. The topological polar surface area (TPSA) is 15.3 Å². The van der Waals surface area contributed by atoms with Crippen LogP contribution >= 0.6 is 11.3 Å². The van der Waals surface area contributed by atoms with E-state index in [0.29, 0.717) is 5.41 Å². The summed E-state index contributed by atoms with van der Waals surface area (Å²) in [5.74, 6) is 0.727. The maximum absolute atomic E-state index is 3.57. The molecule has 1 N–H and O–H groups in total. The Morgan fingerprint density at radius 3 is 2.67 bits per heavy atom. The molecule has 3 heteroatoms. The van der Waals surface area contributed by atoms with Gasteiger partial charge >= 0.3 is 0 Å². The van der Waals surface area contributed by atoms with Gasteiger partial charge in [-0.1, -0.05) is 33.8 Å². The standard InChI is InChI=1S/C15H28N2S/c1-13(2)9-16-11-15(3,4)12-17(5)10-14-7-6-8-18-14/h6-8,13,16H,9-12H2,1-5H3. The van der Waals surface area contributed by atoms with E-state index in [1.54, 1.807) is 0 Å². The van der Waals surface area contributed by atoms with Crippen molar-refractivity contribution in [1.29, 1.82) is 0 Å². The molecule has 1 aromatic heterocycles. The summed E-state index contributed by atoms with van der Waals surface area (Å²) in [5.41, 5.74) is 0.320. The van der Waals surface area contributed by atoms with Crippen LogP contribution in [0.5, 0.6) is 0 Å². The van der Waals surface area contributed by atoms with Gasteiger partial charge in [0.2, 0.25) is 0 Å². The van der Waals surface area contributed by atoms with Crippen molar-refractivity contribution in [2.24, 2.45) is 11.3 Å². The summed E-state index contributed by atoms with van der Waals surface area (Å²) < 4.78 is 0. The van der Waals surface area contributed by atoms with Gasteiger partial charge in [-0.2, -0.15) is 0 Å². The Balaban J connectivity index is 2.30. The number of nitrogens with one attached hydrogen (secondary N) is 1. The zero-order valence-electron chi connectivity index (χ0n) is 12.5. The van der Waals surface area contributed by atoms with Crippen molar-refractivity contribution in [2.75, 3.05) is 26.7 Å². The maximum Gasteiger partial charge on any atom is 0.0325 e. The Bertz CT molecular complexity index is 317. The minimum Gasteiger partial charge on any atom is -0.316 e. The first-order valence-electron chi connectivity index (χ1n) is 6.81. The maximum atomic E-state index is 3.57. The molecule has 0 unspecified atom stereocenters. The van der Waals surface area contributed by atoms with E-state index < -0.39 is 0 Å². The molecular weight excluding hydrogens is 240 g/mol. The van der Waals surface area contributed by atoms with E-state index in [2.05, 4.69) is 62.5 Å². The van der Waals surface area contributed by atoms with E-state index in [-0.39, 0.29) is 0 Å². The normalized spacial score (nSPS) is 12.6. The molecule has 0 radical (unpaired) electrons. The van der Waals surface area contributed by atoms with Crippen LogP contribution in [0.4, 0.5) is 0 Å². The fourth-order valence-corrected chi connectivity index (χ4v) is 2.99. The van der Waals surface area contributed by atoms with Crippen LogP contribution in [0.15, 0.2) is 17.5 Å². The summed E-state index contributed by atoms with van der Waals surface area (Å²) in [5, 5.41) is 5.72. The average Bonchev–Trinajstić information content (AvgIpc) is 2.67. The molecule has 0 aliphatic rings. The number of thiophene rings is 1. The molecule has 1 rings (SSSR count). The second-order valence-corrected chi connectivity index (χ2v) is 7.47. The first-order chi connectivity index (χ1) is 8.39. The minimum atomic E-state index is 0.320. The first-order valence-corrected chi connectivity index (χ1v) is 7.69. The number of nitrogens with zero attached hydrogens (tertiary/aromatic N) is 1. The van der Waals surface area contributed by atoms with E-state index in [1.807, 2.05) is 11.3 Å². The van der Waals surface area contributed by atoms with Crippen molar-refractivity contribution in [3.05, 3.63) is 22.4 Å². The molecule has 0 aromatic carbocycles. The fraction of sp³-hybridized carbons (Fsp3) is 0.733. The summed E-state index contributed by atoms with van der Waals surface area (Å²) in [6.07, 6.45) is 0. The monoisotopic (exact) mass is 268 g/mol. The highest BCUT2D eigenvalue weighted by atomic mass is 32.1. The summed E-state index contributed by atoms with van der Waals surface area (Å²) >= 11 is 1.84. The van der Waals surface area contributed by atoms with Crippen molar-refractivity contribution in [2.45, 2.75) is 34.2 Å². The van der Waals surface area contributed by atoms with Gasteiger partial charge in [0, 0.05) is 24.5 Å². The second kappa shape index (κ2) is 7.27. The van der Waals surface area contributed by atoms with E-state index in [1.165, 1.54) is 4.88 Å². The molecule has 0 fully saturated rings. The van der Waals surface area contributed by atoms with Gasteiger partial charge in [0.25, 0.3) is 0 Å². The molecule has 1 aromatic rings. The van der Waals surface area contributed by atoms with Crippen molar-refractivity contribution in [3.8, 4) is 0 Å². The van der Waals surface area contributed by atoms with Crippen molar-refractivity contribution >= 4 is 11.3 Å². The molecule has 0 amide bonds. The predicted octanol–water partition coefficient (Wildman–Crippen LogP) is 3.45. The minimum absolute atomic E-state index is 0.320. The summed E-state index contributed by atoms with van der Waals surface area (Å²) in [4.78, 5) is 3.87. The van der Waals surface area contributed by atoms with Crippen LogP contribution in [0.2, 0.25) is 0 Å². The number of hydrogen-bond acceptors (Lipinski definition) is 3. The van der Waals surface area contributed by atoms with Crippen LogP contribution in [0.3, 0.4) is 0 Å². The van der Waals surface area contributed by atoms with Crippen LogP contribution in [-0.2, 0) is 6.54 Å². The third-order valence-electron chi connectivity index (χ3n) is 2.86. The summed E-state index contributed by atoms with van der Waals surface area (Å²) in [6, 6.07) is 4.34. The quantitative estimate of drug-likeness (QED) is 0.777. The lowest BCUT2D eigenvalue weighted by atomic mass is 9.92. The fourth-order valence-electron chi connectivity index (χ4n) is 2.21. The van der Waals surface area contributed by atoms with E-state index in [9.17, 15) is 0 Å². The van der Waals surface area contributed by atoms with Gasteiger partial charge < -0.3 is 10.2 Å². The molecular formula is C15H28N2S.